The van der Waals surface area contributed by atoms with Crippen LogP contribution in [0.3, 0.4) is 0 Å². The molecule has 104 valence electrons. The Bertz CT molecular complexity index is 390. The fourth-order valence-electron chi connectivity index (χ4n) is 2.25. The monoisotopic (exact) mass is 259 g/mol. The number of nitrogens with zero attached hydrogens (tertiary/aromatic N) is 1. The lowest BCUT2D eigenvalue weighted by molar-refractivity contribution is -0.120. The summed E-state index contributed by atoms with van der Waals surface area (Å²) in [5.41, 5.74) is 1.29. The van der Waals surface area contributed by atoms with Gasteiger partial charge in [-0.25, -0.2) is 0 Å². The third-order valence-electron chi connectivity index (χ3n) is 3.39. The summed E-state index contributed by atoms with van der Waals surface area (Å²) in [7, 11) is 0. The van der Waals surface area contributed by atoms with Crippen LogP contribution in [0.4, 0.5) is 0 Å². The Morgan fingerprint density at radius 3 is 2.95 bits per heavy atom. The second-order valence-corrected chi connectivity index (χ2v) is 4.67. The van der Waals surface area contributed by atoms with Crippen LogP contribution in [0, 0.1) is 5.92 Å². The first kappa shape index (κ1) is 15.5. The number of rotatable bonds is 7. The van der Waals surface area contributed by atoms with Crippen molar-refractivity contribution in [1.82, 2.24) is 4.90 Å². The number of likely N-dealkylation sites (N-methyl/N-ethyl adjacent to an activating group) is 1. The molecule has 2 nitrogen and oxygen atoms in total. The molecule has 0 bridgehead atoms. The fourth-order valence-corrected chi connectivity index (χ4v) is 2.25. The standard InChI is InChI=1S/C17H25NO/c1-4-7-10-13-18(6-3)16-12-9-8-11-15(14-16)17(19)5-2/h4,7-8,10-11,14-15H,1,5-6,9,12-13H2,2-3H3/b10-7-. The zero-order chi connectivity index (χ0) is 14.1. The summed E-state index contributed by atoms with van der Waals surface area (Å²) in [5.74, 6) is 0.258. The maximum Gasteiger partial charge on any atom is 0.143 e. The lowest BCUT2D eigenvalue weighted by atomic mass is 10.0. The minimum Gasteiger partial charge on any atom is -0.372 e. The van der Waals surface area contributed by atoms with E-state index in [2.05, 4.69) is 36.6 Å². The quantitative estimate of drug-likeness (QED) is 0.511. The molecule has 19 heavy (non-hydrogen) atoms. The number of Topliss-reactive ketones (excluding diaryl/α,β-unsaturated/α-hetero) is 1. The van der Waals surface area contributed by atoms with Gasteiger partial charge in [-0.05, 0) is 19.8 Å². The zero-order valence-electron chi connectivity index (χ0n) is 12.1. The topological polar surface area (TPSA) is 20.3 Å². The Morgan fingerprint density at radius 1 is 1.53 bits per heavy atom. The summed E-state index contributed by atoms with van der Waals surface area (Å²) in [6.45, 7) is 9.60. The van der Waals surface area contributed by atoms with Crippen molar-refractivity contribution in [2.45, 2.75) is 33.1 Å². The maximum absolute atomic E-state index is 11.9. The van der Waals surface area contributed by atoms with Gasteiger partial charge in [0.2, 0.25) is 0 Å². The van der Waals surface area contributed by atoms with Crippen LogP contribution in [-0.4, -0.2) is 23.8 Å². The molecule has 1 atom stereocenters. The average molecular weight is 259 g/mol. The molecule has 0 amide bonds. The summed E-state index contributed by atoms with van der Waals surface area (Å²) < 4.78 is 0. The molecule has 1 aliphatic rings. The maximum atomic E-state index is 11.9. The Kier molecular flexibility index (Phi) is 6.94. The van der Waals surface area contributed by atoms with Gasteiger partial charge in [0.1, 0.15) is 5.78 Å². The van der Waals surface area contributed by atoms with E-state index in [1.165, 1.54) is 5.70 Å². The predicted octanol–water partition coefficient (Wildman–Crippen LogP) is 3.88. The highest BCUT2D eigenvalue weighted by Crippen LogP contribution is 2.21. The SMILES string of the molecule is C=C/C=C\CN(CC)C1=CC(C(=O)CC)C=CCC1. The molecule has 2 heteroatoms. The van der Waals surface area contributed by atoms with Crippen LogP contribution in [0.5, 0.6) is 0 Å². The minimum atomic E-state index is -0.0417. The lowest BCUT2D eigenvalue weighted by Crippen LogP contribution is -2.24. The molecule has 0 saturated heterocycles. The number of carbonyl (C=O) groups is 1. The summed E-state index contributed by atoms with van der Waals surface area (Å²) in [6, 6.07) is 0. The van der Waals surface area contributed by atoms with Crippen molar-refractivity contribution < 1.29 is 4.79 Å². The van der Waals surface area contributed by atoms with Crippen molar-refractivity contribution >= 4 is 5.78 Å². The second kappa shape index (κ2) is 8.52. The molecular formula is C17H25NO. The average Bonchev–Trinajstić information content (AvgIpc) is 2.69. The Hall–Kier alpha value is -1.57. The Labute approximate surface area is 117 Å². The van der Waals surface area contributed by atoms with Gasteiger partial charge in [-0.2, -0.15) is 0 Å². The van der Waals surface area contributed by atoms with Crippen LogP contribution in [-0.2, 0) is 4.79 Å². The van der Waals surface area contributed by atoms with Gasteiger partial charge < -0.3 is 4.90 Å². The van der Waals surface area contributed by atoms with Crippen molar-refractivity contribution in [2.24, 2.45) is 5.92 Å². The van der Waals surface area contributed by atoms with Crippen molar-refractivity contribution in [3.8, 4) is 0 Å². The third kappa shape index (κ3) is 4.90. The number of hydrogen-bond donors (Lipinski definition) is 0. The van der Waals surface area contributed by atoms with Crippen LogP contribution >= 0.6 is 0 Å². The Morgan fingerprint density at radius 2 is 2.32 bits per heavy atom. The van der Waals surface area contributed by atoms with E-state index in [1.54, 1.807) is 6.08 Å². The molecule has 0 N–H and O–H groups in total. The van der Waals surface area contributed by atoms with Gasteiger partial charge in [-0.3, -0.25) is 4.79 Å². The van der Waals surface area contributed by atoms with E-state index in [0.717, 1.165) is 25.9 Å². The van der Waals surface area contributed by atoms with Crippen LogP contribution < -0.4 is 0 Å². The molecule has 0 aromatic heterocycles. The number of carbonyl (C=O) groups excluding carboxylic acids is 1. The second-order valence-electron chi connectivity index (χ2n) is 4.67. The lowest BCUT2D eigenvalue weighted by Gasteiger charge is -2.25. The van der Waals surface area contributed by atoms with Crippen LogP contribution in [0.1, 0.15) is 33.1 Å². The van der Waals surface area contributed by atoms with Crippen molar-refractivity contribution in [2.75, 3.05) is 13.1 Å². The molecule has 1 rings (SSSR count). The summed E-state index contributed by atoms with van der Waals surface area (Å²) in [5, 5.41) is 0. The van der Waals surface area contributed by atoms with E-state index in [4.69, 9.17) is 0 Å². The van der Waals surface area contributed by atoms with Gasteiger partial charge in [0.15, 0.2) is 0 Å². The predicted molar refractivity (Wildman–Crippen MR) is 81.8 cm³/mol. The largest absolute Gasteiger partial charge is 0.372 e. The highest BCUT2D eigenvalue weighted by atomic mass is 16.1. The first-order valence-corrected chi connectivity index (χ1v) is 7.15. The number of allylic oxidation sites excluding steroid dienone is 6. The first-order valence-electron chi connectivity index (χ1n) is 7.15. The van der Waals surface area contributed by atoms with Gasteiger partial charge in [0.25, 0.3) is 0 Å². The van der Waals surface area contributed by atoms with Crippen LogP contribution in [0.25, 0.3) is 0 Å². The van der Waals surface area contributed by atoms with E-state index in [9.17, 15) is 4.79 Å². The van der Waals surface area contributed by atoms with E-state index < -0.39 is 0 Å². The Balaban J connectivity index is 2.82. The van der Waals surface area contributed by atoms with Gasteiger partial charge in [0, 0.05) is 25.2 Å². The molecule has 0 heterocycles. The molecule has 0 fully saturated rings. The highest BCUT2D eigenvalue weighted by Gasteiger charge is 2.16. The molecule has 1 unspecified atom stereocenters. The number of hydrogen-bond acceptors (Lipinski definition) is 2. The van der Waals surface area contributed by atoms with E-state index in [1.807, 2.05) is 19.1 Å². The van der Waals surface area contributed by atoms with Crippen molar-refractivity contribution in [3.63, 3.8) is 0 Å². The van der Waals surface area contributed by atoms with Crippen molar-refractivity contribution in [1.29, 1.82) is 0 Å². The first-order chi connectivity index (χ1) is 9.22. The van der Waals surface area contributed by atoms with Gasteiger partial charge in [-0.15, -0.1) is 0 Å². The highest BCUT2D eigenvalue weighted by molar-refractivity contribution is 5.84. The summed E-state index contributed by atoms with van der Waals surface area (Å²) in [4.78, 5) is 14.2. The van der Waals surface area contributed by atoms with E-state index in [0.29, 0.717) is 12.2 Å². The van der Waals surface area contributed by atoms with Gasteiger partial charge in [0.05, 0.1) is 5.92 Å². The summed E-state index contributed by atoms with van der Waals surface area (Å²) >= 11 is 0. The van der Waals surface area contributed by atoms with E-state index in [-0.39, 0.29) is 5.92 Å². The number of ketones is 1. The molecular weight excluding hydrogens is 234 g/mol. The fraction of sp³-hybridized carbons (Fsp3) is 0.471. The van der Waals surface area contributed by atoms with Gasteiger partial charge >= 0.3 is 0 Å². The molecule has 0 aromatic carbocycles. The van der Waals surface area contributed by atoms with E-state index >= 15 is 0 Å². The normalized spacial score (nSPS) is 19.1. The summed E-state index contributed by atoms with van der Waals surface area (Å²) in [6.07, 6.45) is 14.8. The molecule has 0 spiro atoms. The molecule has 0 aliphatic heterocycles. The molecule has 0 aromatic rings. The third-order valence-corrected chi connectivity index (χ3v) is 3.39. The van der Waals surface area contributed by atoms with Crippen LogP contribution in [0.15, 0.2) is 48.7 Å². The van der Waals surface area contributed by atoms with Crippen LogP contribution in [0.2, 0.25) is 0 Å². The molecule has 1 aliphatic carbocycles. The molecule has 0 radical (unpaired) electrons. The zero-order valence-corrected chi connectivity index (χ0v) is 12.1. The van der Waals surface area contributed by atoms with Crippen molar-refractivity contribution in [3.05, 3.63) is 48.7 Å². The minimum absolute atomic E-state index is 0.0417. The smallest absolute Gasteiger partial charge is 0.143 e. The van der Waals surface area contributed by atoms with Gasteiger partial charge in [-0.1, -0.05) is 50.0 Å². The molecule has 0 saturated carbocycles.